The normalized spacial score (nSPS) is 18.2. The molecule has 0 bridgehead atoms. The Morgan fingerprint density at radius 1 is 1.09 bits per heavy atom. The van der Waals surface area contributed by atoms with Crippen molar-refractivity contribution in [3.63, 3.8) is 0 Å². The molecule has 8 heteroatoms. The molecule has 2 N–H and O–H groups in total. The van der Waals surface area contributed by atoms with Crippen LogP contribution < -0.4 is 15.5 Å². The number of nitrogens with one attached hydrogen (secondary N) is 2. The summed E-state index contributed by atoms with van der Waals surface area (Å²) in [4.78, 5) is 19.3. The second-order valence-electron chi connectivity index (χ2n) is 8.76. The van der Waals surface area contributed by atoms with E-state index in [1.165, 1.54) is 6.07 Å². The van der Waals surface area contributed by atoms with Crippen LogP contribution in [0.1, 0.15) is 36.0 Å². The minimum Gasteiger partial charge on any atom is -0.377 e. The van der Waals surface area contributed by atoms with Crippen LogP contribution >= 0.6 is 23.2 Å². The first-order valence-electron chi connectivity index (χ1n) is 11.1. The molecule has 2 aromatic carbocycles. The van der Waals surface area contributed by atoms with Gasteiger partial charge in [-0.15, -0.1) is 0 Å². The molecule has 3 aromatic rings. The van der Waals surface area contributed by atoms with E-state index in [-0.39, 0.29) is 21.5 Å². The molecule has 1 amide bonds. The van der Waals surface area contributed by atoms with Gasteiger partial charge in [-0.3, -0.25) is 4.79 Å². The number of aromatic nitrogens is 1. The van der Waals surface area contributed by atoms with Gasteiger partial charge >= 0.3 is 0 Å². The Morgan fingerprint density at radius 3 is 2.55 bits per heavy atom. The minimum atomic E-state index is -0.655. The third-order valence-electron chi connectivity index (χ3n) is 6.18. The number of amides is 1. The highest BCUT2D eigenvalue weighted by atomic mass is 35.5. The SMILES string of the molecule is CN(C)c1cc(N[C@H]2CC[C@@H](CNC(=O)c3cc(F)c(Cl)cc3Cl)CC2)nc2ccccc12. The van der Waals surface area contributed by atoms with E-state index in [0.717, 1.165) is 54.2 Å². The van der Waals surface area contributed by atoms with Crippen molar-refractivity contribution in [2.24, 2.45) is 5.92 Å². The summed E-state index contributed by atoms with van der Waals surface area (Å²) in [7, 11) is 4.08. The molecule has 0 atom stereocenters. The van der Waals surface area contributed by atoms with Gasteiger partial charge in [0, 0.05) is 43.8 Å². The van der Waals surface area contributed by atoms with Gasteiger partial charge in [-0.25, -0.2) is 9.37 Å². The Bertz CT molecular complexity index is 1160. The Hall–Kier alpha value is -2.57. The lowest BCUT2D eigenvalue weighted by Crippen LogP contribution is -2.34. The maximum Gasteiger partial charge on any atom is 0.252 e. The molecule has 4 rings (SSSR count). The number of halogens is 3. The van der Waals surface area contributed by atoms with Gasteiger partial charge in [0.05, 0.1) is 21.1 Å². The highest BCUT2D eigenvalue weighted by Gasteiger charge is 2.23. The Morgan fingerprint density at radius 2 is 1.82 bits per heavy atom. The lowest BCUT2D eigenvalue weighted by molar-refractivity contribution is 0.0943. The highest BCUT2D eigenvalue weighted by molar-refractivity contribution is 6.36. The number of pyridine rings is 1. The number of benzene rings is 2. The van der Waals surface area contributed by atoms with Crippen LogP contribution in [0.4, 0.5) is 15.9 Å². The van der Waals surface area contributed by atoms with Crippen LogP contribution in [0, 0.1) is 11.7 Å². The van der Waals surface area contributed by atoms with E-state index in [1.54, 1.807) is 0 Å². The molecule has 0 spiro atoms. The smallest absolute Gasteiger partial charge is 0.252 e. The number of nitrogens with zero attached hydrogens (tertiary/aromatic N) is 2. The van der Waals surface area contributed by atoms with Crippen molar-refractivity contribution < 1.29 is 9.18 Å². The van der Waals surface area contributed by atoms with Crippen molar-refractivity contribution in [1.29, 1.82) is 0 Å². The monoisotopic (exact) mass is 488 g/mol. The molecule has 0 radical (unpaired) electrons. The fourth-order valence-electron chi connectivity index (χ4n) is 4.35. The zero-order chi connectivity index (χ0) is 23.5. The van der Waals surface area contributed by atoms with E-state index in [1.807, 2.05) is 32.3 Å². The first-order chi connectivity index (χ1) is 15.8. The molecule has 1 aliphatic rings. The zero-order valence-corrected chi connectivity index (χ0v) is 20.2. The van der Waals surface area contributed by atoms with E-state index in [9.17, 15) is 9.18 Å². The van der Waals surface area contributed by atoms with E-state index < -0.39 is 5.82 Å². The molecule has 174 valence electrons. The van der Waals surface area contributed by atoms with Crippen molar-refractivity contribution in [1.82, 2.24) is 10.3 Å². The van der Waals surface area contributed by atoms with Gasteiger partial charge in [0.15, 0.2) is 0 Å². The molecule has 1 fully saturated rings. The van der Waals surface area contributed by atoms with Gasteiger partial charge in [-0.2, -0.15) is 0 Å². The van der Waals surface area contributed by atoms with Crippen LogP contribution in [0.25, 0.3) is 10.9 Å². The lowest BCUT2D eigenvalue weighted by atomic mass is 9.86. The minimum absolute atomic E-state index is 0.0963. The van der Waals surface area contributed by atoms with Gasteiger partial charge in [0.25, 0.3) is 5.91 Å². The molecule has 0 unspecified atom stereocenters. The molecule has 5 nitrogen and oxygen atoms in total. The van der Waals surface area contributed by atoms with Gasteiger partial charge in [0.2, 0.25) is 0 Å². The van der Waals surface area contributed by atoms with E-state index in [0.29, 0.717) is 18.5 Å². The van der Waals surface area contributed by atoms with Crippen molar-refractivity contribution in [2.75, 3.05) is 30.9 Å². The fourth-order valence-corrected chi connectivity index (χ4v) is 4.82. The number of para-hydroxylation sites is 1. The second kappa shape index (κ2) is 10.1. The average Bonchev–Trinajstić information content (AvgIpc) is 2.80. The van der Waals surface area contributed by atoms with E-state index in [4.69, 9.17) is 28.2 Å². The summed E-state index contributed by atoms with van der Waals surface area (Å²) in [6, 6.07) is 12.9. The summed E-state index contributed by atoms with van der Waals surface area (Å²) in [6.07, 6.45) is 3.94. The van der Waals surface area contributed by atoms with Crippen LogP contribution in [0.5, 0.6) is 0 Å². The number of anilines is 2. The molecule has 1 heterocycles. The van der Waals surface area contributed by atoms with Crippen molar-refractivity contribution in [3.8, 4) is 0 Å². The van der Waals surface area contributed by atoms with E-state index >= 15 is 0 Å². The summed E-state index contributed by atoms with van der Waals surface area (Å²) in [5.74, 6) is 0.211. The topological polar surface area (TPSA) is 57.3 Å². The average molecular weight is 489 g/mol. The zero-order valence-electron chi connectivity index (χ0n) is 18.7. The summed E-state index contributed by atoms with van der Waals surface area (Å²) in [5, 5.41) is 7.67. The number of carbonyl (C=O) groups is 1. The second-order valence-corrected chi connectivity index (χ2v) is 9.57. The largest absolute Gasteiger partial charge is 0.377 e. The van der Waals surface area contributed by atoms with Gasteiger partial charge < -0.3 is 15.5 Å². The van der Waals surface area contributed by atoms with Crippen molar-refractivity contribution in [2.45, 2.75) is 31.7 Å². The Kier molecular flexibility index (Phi) is 7.25. The third-order valence-corrected chi connectivity index (χ3v) is 6.78. The molecular weight excluding hydrogens is 462 g/mol. The fraction of sp³-hybridized carbons (Fsp3) is 0.360. The van der Waals surface area contributed by atoms with Gasteiger partial charge in [-0.05, 0) is 49.8 Å². The lowest BCUT2D eigenvalue weighted by Gasteiger charge is -2.30. The van der Waals surface area contributed by atoms with Crippen LogP contribution in [-0.4, -0.2) is 37.6 Å². The maximum absolute atomic E-state index is 13.7. The summed E-state index contributed by atoms with van der Waals surface area (Å²) in [5.41, 5.74) is 2.21. The van der Waals surface area contributed by atoms with E-state index in [2.05, 4.69) is 27.7 Å². The molecule has 0 aliphatic heterocycles. The maximum atomic E-state index is 13.7. The standard InChI is InChI=1S/C25H27Cl2FN4O/c1-32(2)23-13-24(31-22-6-4-3-5-17(22)23)30-16-9-7-15(8-10-16)14-29-25(33)18-11-21(28)20(27)12-19(18)26/h3-6,11-13,15-16H,7-10,14H2,1-2H3,(H,29,33)(H,30,31)/t15-,16+. The molecular formula is C25H27Cl2FN4O. The van der Waals surface area contributed by atoms with Crippen molar-refractivity contribution in [3.05, 3.63) is 63.9 Å². The molecule has 1 saturated carbocycles. The summed E-state index contributed by atoms with van der Waals surface area (Å²) >= 11 is 11.8. The number of fused-ring (bicyclic) bond motifs is 1. The van der Waals surface area contributed by atoms with Crippen LogP contribution in [0.2, 0.25) is 10.0 Å². The van der Waals surface area contributed by atoms with Crippen LogP contribution in [0.15, 0.2) is 42.5 Å². The Balaban J connectivity index is 1.32. The Labute approximate surface area is 203 Å². The predicted molar refractivity (Wildman–Crippen MR) is 134 cm³/mol. The molecule has 0 saturated heterocycles. The first-order valence-corrected chi connectivity index (χ1v) is 11.8. The first kappa shape index (κ1) is 23.6. The van der Waals surface area contributed by atoms with Gasteiger partial charge in [-0.1, -0.05) is 41.4 Å². The third kappa shape index (κ3) is 5.50. The quantitative estimate of drug-likeness (QED) is 0.408. The molecule has 1 aliphatic carbocycles. The van der Waals surface area contributed by atoms with Gasteiger partial charge in [0.1, 0.15) is 11.6 Å². The highest BCUT2D eigenvalue weighted by Crippen LogP contribution is 2.30. The summed E-state index contributed by atoms with van der Waals surface area (Å²) in [6.45, 7) is 0.533. The molecule has 33 heavy (non-hydrogen) atoms. The number of hydrogen-bond acceptors (Lipinski definition) is 4. The van der Waals surface area contributed by atoms with Crippen LogP contribution in [0.3, 0.4) is 0 Å². The van der Waals surface area contributed by atoms with Crippen LogP contribution in [-0.2, 0) is 0 Å². The van der Waals surface area contributed by atoms with Crippen molar-refractivity contribution >= 4 is 51.5 Å². The number of carbonyl (C=O) groups excluding carboxylic acids is 1. The summed E-state index contributed by atoms with van der Waals surface area (Å²) < 4.78 is 13.7. The predicted octanol–water partition coefficient (Wildman–Crippen LogP) is 6.15. The number of rotatable bonds is 6. The number of hydrogen-bond donors (Lipinski definition) is 2. The molecule has 1 aromatic heterocycles.